The number of hydrogen-bond donors (Lipinski definition) is 2. The molecule has 0 aliphatic rings. The molecule has 0 amide bonds. The molecule has 2 aromatic rings. The van der Waals surface area contributed by atoms with Gasteiger partial charge in [-0.1, -0.05) is 12.1 Å². The number of nitrogen functional groups attached to an aromatic ring is 1. The van der Waals surface area contributed by atoms with Crippen LogP contribution >= 0.6 is 27.3 Å². The minimum Gasteiger partial charge on any atom is -0.397 e. The first kappa shape index (κ1) is 9.55. The summed E-state index contributed by atoms with van der Waals surface area (Å²) in [6.45, 7) is 0. The molecule has 4 heteroatoms. The van der Waals surface area contributed by atoms with E-state index in [2.05, 4.69) is 21.2 Å². The Bertz CT molecular complexity index is 439. The molecule has 0 radical (unpaired) electrons. The fourth-order valence-corrected chi connectivity index (χ4v) is 2.42. The predicted molar refractivity (Wildman–Crippen MR) is 66.2 cm³/mol. The van der Waals surface area contributed by atoms with Gasteiger partial charge >= 0.3 is 0 Å². The van der Waals surface area contributed by atoms with Gasteiger partial charge in [-0.2, -0.15) is 0 Å². The molecule has 1 aromatic heterocycles. The maximum absolute atomic E-state index is 5.81. The Morgan fingerprint density at radius 2 is 1.93 bits per heavy atom. The lowest BCUT2D eigenvalue weighted by molar-refractivity contribution is 1.60. The van der Waals surface area contributed by atoms with E-state index in [0.717, 1.165) is 20.2 Å². The molecule has 14 heavy (non-hydrogen) atoms. The van der Waals surface area contributed by atoms with Crippen molar-refractivity contribution in [2.24, 2.45) is 0 Å². The van der Waals surface area contributed by atoms with E-state index >= 15 is 0 Å². The minimum absolute atomic E-state index is 0.761. The highest BCUT2D eigenvalue weighted by Crippen LogP contribution is 2.30. The number of hydrogen-bond acceptors (Lipinski definition) is 3. The molecule has 72 valence electrons. The van der Waals surface area contributed by atoms with Gasteiger partial charge in [-0.15, -0.1) is 11.3 Å². The van der Waals surface area contributed by atoms with Crippen molar-refractivity contribution in [3.05, 3.63) is 40.2 Å². The second-order valence-corrected chi connectivity index (χ2v) is 5.28. The fourth-order valence-electron chi connectivity index (χ4n) is 1.13. The molecular formula is C10H9BrN2S. The van der Waals surface area contributed by atoms with Crippen LogP contribution in [0.5, 0.6) is 0 Å². The molecule has 1 aromatic carbocycles. The number of para-hydroxylation sites is 2. The van der Waals surface area contributed by atoms with E-state index in [4.69, 9.17) is 5.73 Å². The largest absolute Gasteiger partial charge is 0.397 e. The SMILES string of the molecule is Nc1ccccc1Nc1ccc(Br)s1. The molecular weight excluding hydrogens is 260 g/mol. The van der Waals surface area contributed by atoms with Gasteiger partial charge in [-0.3, -0.25) is 0 Å². The Balaban J connectivity index is 2.23. The van der Waals surface area contributed by atoms with Crippen molar-refractivity contribution in [3.63, 3.8) is 0 Å². The molecule has 0 unspecified atom stereocenters. The number of rotatable bonds is 2. The van der Waals surface area contributed by atoms with Gasteiger partial charge < -0.3 is 11.1 Å². The van der Waals surface area contributed by atoms with Crippen molar-refractivity contribution >= 4 is 43.6 Å². The topological polar surface area (TPSA) is 38.0 Å². The third-order valence-electron chi connectivity index (χ3n) is 1.79. The Morgan fingerprint density at radius 3 is 2.57 bits per heavy atom. The normalized spacial score (nSPS) is 10.1. The molecule has 2 nitrogen and oxygen atoms in total. The molecule has 0 bridgehead atoms. The zero-order chi connectivity index (χ0) is 9.97. The second-order valence-electron chi connectivity index (χ2n) is 2.82. The predicted octanol–water partition coefficient (Wildman–Crippen LogP) is 3.84. The van der Waals surface area contributed by atoms with E-state index in [1.54, 1.807) is 11.3 Å². The monoisotopic (exact) mass is 268 g/mol. The highest BCUT2D eigenvalue weighted by molar-refractivity contribution is 9.11. The van der Waals surface area contributed by atoms with Crippen molar-refractivity contribution < 1.29 is 0 Å². The molecule has 0 spiro atoms. The Hall–Kier alpha value is -1.000. The lowest BCUT2D eigenvalue weighted by Crippen LogP contribution is -1.93. The highest BCUT2D eigenvalue weighted by atomic mass is 79.9. The molecule has 1 heterocycles. The molecule has 2 rings (SSSR count). The van der Waals surface area contributed by atoms with Crippen molar-refractivity contribution in [1.29, 1.82) is 0 Å². The van der Waals surface area contributed by atoms with Gasteiger partial charge in [0, 0.05) is 0 Å². The van der Waals surface area contributed by atoms with Gasteiger partial charge in [0.25, 0.3) is 0 Å². The summed E-state index contributed by atoms with van der Waals surface area (Å²) in [6.07, 6.45) is 0. The van der Waals surface area contributed by atoms with E-state index in [-0.39, 0.29) is 0 Å². The van der Waals surface area contributed by atoms with Gasteiger partial charge in [0.2, 0.25) is 0 Å². The Morgan fingerprint density at radius 1 is 1.14 bits per heavy atom. The maximum Gasteiger partial charge on any atom is 0.0938 e. The van der Waals surface area contributed by atoms with Crippen LogP contribution in [0.25, 0.3) is 0 Å². The Kier molecular flexibility index (Phi) is 2.74. The van der Waals surface area contributed by atoms with E-state index in [0.29, 0.717) is 0 Å². The minimum atomic E-state index is 0.761. The van der Waals surface area contributed by atoms with E-state index in [1.165, 1.54) is 0 Å². The third-order valence-corrected chi connectivity index (χ3v) is 3.33. The van der Waals surface area contributed by atoms with Crippen LogP contribution in [0, 0.1) is 0 Å². The molecule has 0 saturated heterocycles. The van der Waals surface area contributed by atoms with Crippen LogP contribution < -0.4 is 11.1 Å². The van der Waals surface area contributed by atoms with Crippen LogP contribution in [0.4, 0.5) is 16.4 Å². The van der Waals surface area contributed by atoms with Crippen molar-refractivity contribution in [3.8, 4) is 0 Å². The summed E-state index contributed by atoms with van der Waals surface area (Å²) in [5.41, 5.74) is 7.51. The summed E-state index contributed by atoms with van der Waals surface area (Å²) >= 11 is 5.05. The first-order valence-corrected chi connectivity index (χ1v) is 5.73. The van der Waals surface area contributed by atoms with Crippen molar-refractivity contribution in [2.75, 3.05) is 11.1 Å². The van der Waals surface area contributed by atoms with Gasteiger partial charge in [0.15, 0.2) is 0 Å². The summed E-state index contributed by atoms with van der Waals surface area (Å²) in [4.78, 5) is 0. The quantitative estimate of drug-likeness (QED) is 0.813. The summed E-state index contributed by atoms with van der Waals surface area (Å²) < 4.78 is 1.11. The van der Waals surface area contributed by atoms with Crippen LogP contribution in [0.15, 0.2) is 40.2 Å². The average molecular weight is 269 g/mol. The molecule has 3 N–H and O–H groups in total. The summed E-state index contributed by atoms with van der Waals surface area (Å²) in [5.74, 6) is 0. The lowest BCUT2D eigenvalue weighted by Gasteiger charge is -2.05. The fraction of sp³-hybridized carbons (Fsp3) is 0. The first-order chi connectivity index (χ1) is 6.75. The van der Waals surface area contributed by atoms with Crippen molar-refractivity contribution in [1.82, 2.24) is 0 Å². The number of nitrogens with one attached hydrogen (secondary N) is 1. The molecule has 0 saturated carbocycles. The molecule has 0 fully saturated rings. The highest BCUT2D eigenvalue weighted by Gasteiger charge is 2.00. The number of nitrogens with two attached hydrogens (primary N) is 1. The summed E-state index contributed by atoms with van der Waals surface area (Å²) in [5, 5.41) is 4.34. The van der Waals surface area contributed by atoms with Crippen LogP contribution in [-0.4, -0.2) is 0 Å². The van der Waals surface area contributed by atoms with E-state index in [1.807, 2.05) is 36.4 Å². The molecule has 0 aliphatic heterocycles. The number of thiophene rings is 1. The van der Waals surface area contributed by atoms with Gasteiger partial charge in [0.05, 0.1) is 20.2 Å². The third kappa shape index (κ3) is 2.08. The van der Waals surface area contributed by atoms with Gasteiger partial charge in [0.1, 0.15) is 0 Å². The first-order valence-electron chi connectivity index (χ1n) is 4.12. The average Bonchev–Trinajstić information content (AvgIpc) is 2.56. The van der Waals surface area contributed by atoms with Gasteiger partial charge in [-0.05, 0) is 40.2 Å². The molecule has 0 atom stereocenters. The Labute approximate surface area is 94.9 Å². The number of halogens is 1. The van der Waals surface area contributed by atoms with Crippen LogP contribution in [0.1, 0.15) is 0 Å². The number of anilines is 3. The number of benzene rings is 1. The van der Waals surface area contributed by atoms with E-state index < -0.39 is 0 Å². The van der Waals surface area contributed by atoms with E-state index in [9.17, 15) is 0 Å². The van der Waals surface area contributed by atoms with Crippen LogP contribution in [0.3, 0.4) is 0 Å². The van der Waals surface area contributed by atoms with Crippen LogP contribution in [0.2, 0.25) is 0 Å². The summed E-state index contributed by atoms with van der Waals surface area (Å²) in [7, 11) is 0. The zero-order valence-corrected chi connectivity index (χ0v) is 9.73. The van der Waals surface area contributed by atoms with Gasteiger partial charge in [-0.25, -0.2) is 0 Å². The van der Waals surface area contributed by atoms with Crippen molar-refractivity contribution in [2.45, 2.75) is 0 Å². The smallest absolute Gasteiger partial charge is 0.0938 e. The second kappa shape index (κ2) is 4.02. The van der Waals surface area contributed by atoms with Crippen LogP contribution in [-0.2, 0) is 0 Å². The standard InChI is InChI=1S/C10H9BrN2S/c11-9-5-6-10(14-9)13-8-4-2-1-3-7(8)12/h1-6,13H,12H2. The maximum atomic E-state index is 5.81. The zero-order valence-electron chi connectivity index (χ0n) is 7.33. The molecule has 0 aliphatic carbocycles. The lowest BCUT2D eigenvalue weighted by atomic mass is 10.3. The summed E-state index contributed by atoms with van der Waals surface area (Å²) in [6, 6.07) is 11.7.